The molecule has 0 aliphatic heterocycles. The number of hydrogen-bond donors (Lipinski definition) is 3. The lowest BCUT2D eigenvalue weighted by Crippen LogP contribution is -2.28. The van der Waals surface area contributed by atoms with E-state index in [1.807, 2.05) is 0 Å². The molecule has 0 radical (unpaired) electrons. The standard InChI is InChI=1S/C22H20ClF2N4O6P/c1-36(32,33)35-29-9-8-13(28-29)11-34-22(31)27-19-7-4-14-15(3-6-18(25)20(14)19)21(30)26-12-2-5-17(24)16(23)10-12/h2-3,5-6,8-10,19H,4,7,11H2,1H3,(H,26,30)(H,27,31)(H,32,33)/t19-/m0/s1. The second kappa shape index (κ2) is 10.3. The number of benzene rings is 2. The van der Waals surface area contributed by atoms with Crippen LogP contribution < -0.4 is 15.3 Å². The number of alkyl carbamates (subject to hydrolysis) is 1. The Morgan fingerprint density at radius 3 is 2.72 bits per heavy atom. The first-order valence-corrected chi connectivity index (χ1v) is 13.0. The van der Waals surface area contributed by atoms with E-state index < -0.39 is 37.3 Å². The highest BCUT2D eigenvalue weighted by atomic mass is 35.5. The van der Waals surface area contributed by atoms with Gasteiger partial charge in [-0.1, -0.05) is 16.4 Å². The second-order valence-corrected chi connectivity index (χ2v) is 10.2. The van der Waals surface area contributed by atoms with Crippen LogP contribution in [0.1, 0.15) is 39.6 Å². The van der Waals surface area contributed by atoms with Gasteiger partial charge in [0.2, 0.25) is 0 Å². The quantitative estimate of drug-likeness (QED) is 0.382. The molecule has 0 spiro atoms. The summed E-state index contributed by atoms with van der Waals surface area (Å²) in [6.45, 7) is 0.719. The summed E-state index contributed by atoms with van der Waals surface area (Å²) in [6, 6.07) is 6.90. The maximum Gasteiger partial charge on any atom is 0.408 e. The number of rotatable bonds is 7. The van der Waals surface area contributed by atoms with Crippen LogP contribution in [0, 0.1) is 11.6 Å². The van der Waals surface area contributed by atoms with Crippen LogP contribution >= 0.6 is 19.2 Å². The minimum Gasteiger partial charge on any atom is -0.443 e. The number of halogens is 3. The van der Waals surface area contributed by atoms with Gasteiger partial charge >= 0.3 is 13.7 Å². The number of nitrogens with zero attached hydrogens (tertiary/aromatic N) is 2. The molecule has 2 atom stereocenters. The van der Waals surface area contributed by atoms with Crippen LogP contribution in [0.15, 0.2) is 42.6 Å². The lowest BCUT2D eigenvalue weighted by Gasteiger charge is -2.16. The molecule has 190 valence electrons. The monoisotopic (exact) mass is 540 g/mol. The number of hydrogen-bond acceptors (Lipinski definition) is 6. The molecule has 1 aromatic heterocycles. The summed E-state index contributed by atoms with van der Waals surface area (Å²) in [5, 5.41) is 8.88. The van der Waals surface area contributed by atoms with Crippen molar-refractivity contribution in [3.05, 3.63) is 81.6 Å². The zero-order valence-corrected chi connectivity index (χ0v) is 20.4. The fourth-order valence-electron chi connectivity index (χ4n) is 3.79. The number of fused-ring (bicyclic) bond motifs is 1. The predicted molar refractivity (Wildman–Crippen MR) is 125 cm³/mol. The molecule has 0 bridgehead atoms. The van der Waals surface area contributed by atoms with E-state index in [4.69, 9.17) is 21.0 Å². The summed E-state index contributed by atoms with van der Waals surface area (Å²) in [4.78, 5) is 35.1. The van der Waals surface area contributed by atoms with Crippen molar-refractivity contribution in [1.29, 1.82) is 0 Å². The molecule has 1 aliphatic rings. The first-order valence-electron chi connectivity index (χ1n) is 10.6. The first kappa shape index (κ1) is 25.6. The van der Waals surface area contributed by atoms with E-state index in [9.17, 15) is 27.8 Å². The summed E-state index contributed by atoms with van der Waals surface area (Å²) in [6.07, 6.45) is 1.09. The lowest BCUT2D eigenvalue weighted by atomic mass is 10.0. The van der Waals surface area contributed by atoms with Crippen molar-refractivity contribution in [2.24, 2.45) is 0 Å². The van der Waals surface area contributed by atoms with Crippen LogP contribution in [0.4, 0.5) is 19.3 Å². The fraction of sp³-hybridized carbons (Fsp3) is 0.227. The maximum absolute atomic E-state index is 14.7. The second-order valence-electron chi connectivity index (χ2n) is 7.98. The van der Waals surface area contributed by atoms with Gasteiger partial charge in [0.1, 0.15) is 23.9 Å². The Morgan fingerprint density at radius 2 is 2.00 bits per heavy atom. The van der Waals surface area contributed by atoms with Crippen LogP contribution in [-0.2, 0) is 22.3 Å². The zero-order chi connectivity index (χ0) is 26.0. The summed E-state index contributed by atoms with van der Waals surface area (Å²) < 4.78 is 49.1. The Balaban J connectivity index is 1.41. The van der Waals surface area contributed by atoms with E-state index in [2.05, 4.69) is 15.7 Å². The molecule has 36 heavy (non-hydrogen) atoms. The van der Waals surface area contributed by atoms with Gasteiger partial charge in [-0.25, -0.2) is 18.1 Å². The number of carbonyl (C=O) groups is 2. The summed E-state index contributed by atoms with van der Waals surface area (Å²) >= 11 is 5.76. The van der Waals surface area contributed by atoms with Gasteiger partial charge in [-0.15, -0.1) is 5.10 Å². The highest BCUT2D eigenvalue weighted by Crippen LogP contribution is 2.36. The molecule has 14 heteroatoms. The van der Waals surface area contributed by atoms with E-state index in [0.717, 1.165) is 23.6 Å². The molecule has 0 saturated carbocycles. The van der Waals surface area contributed by atoms with Gasteiger partial charge in [0.25, 0.3) is 5.91 Å². The minimum atomic E-state index is -3.81. The topological polar surface area (TPSA) is 132 Å². The first-order chi connectivity index (χ1) is 17.0. The number of nitrogens with one attached hydrogen (secondary N) is 2. The Bertz CT molecular complexity index is 1380. The van der Waals surface area contributed by atoms with Crippen molar-refractivity contribution < 1.29 is 37.2 Å². The Kier molecular flexibility index (Phi) is 7.30. The van der Waals surface area contributed by atoms with Gasteiger partial charge in [0, 0.05) is 16.8 Å². The minimum absolute atomic E-state index is 0.155. The number of carbonyl (C=O) groups excluding carboxylic acids is 2. The van der Waals surface area contributed by atoms with Gasteiger partial charge in [-0.05, 0) is 54.8 Å². The smallest absolute Gasteiger partial charge is 0.408 e. The molecule has 2 aromatic carbocycles. The molecule has 1 aliphatic carbocycles. The maximum atomic E-state index is 14.7. The number of amides is 2. The third-order valence-electron chi connectivity index (χ3n) is 5.26. The lowest BCUT2D eigenvalue weighted by molar-refractivity contribution is 0.102. The van der Waals surface area contributed by atoms with Crippen molar-refractivity contribution in [3.63, 3.8) is 0 Å². The van der Waals surface area contributed by atoms with Crippen molar-refractivity contribution >= 4 is 36.9 Å². The van der Waals surface area contributed by atoms with E-state index in [1.54, 1.807) is 0 Å². The number of anilines is 1. The Morgan fingerprint density at radius 1 is 1.25 bits per heavy atom. The molecule has 1 unspecified atom stereocenters. The van der Waals surface area contributed by atoms with E-state index in [0.29, 0.717) is 18.4 Å². The molecule has 3 N–H and O–H groups in total. The summed E-state index contributed by atoms with van der Waals surface area (Å²) in [5.74, 6) is -1.75. The van der Waals surface area contributed by atoms with Crippen LogP contribution in [0.3, 0.4) is 0 Å². The summed E-state index contributed by atoms with van der Waals surface area (Å²) in [5.41, 5.74) is 1.35. The van der Waals surface area contributed by atoms with E-state index in [1.165, 1.54) is 30.5 Å². The molecule has 2 amide bonds. The molecule has 0 fully saturated rings. The third kappa shape index (κ3) is 6.01. The fourth-order valence-corrected chi connectivity index (χ4v) is 4.37. The number of aromatic nitrogens is 2. The largest absolute Gasteiger partial charge is 0.443 e. The molecule has 4 rings (SSSR count). The van der Waals surface area contributed by atoms with Crippen molar-refractivity contribution in [1.82, 2.24) is 15.3 Å². The zero-order valence-electron chi connectivity index (χ0n) is 18.7. The molecule has 0 saturated heterocycles. The average Bonchev–Trinajstić information content (AvgIpc) is 3.41. The molecular weight excluding hydrogens is 521 g/mol. The summed E-state index contributed by atoms with van der Waals surface area (Å²) in [7, 11) is -3.81. The van der Waals surface area contributed by atoms with Crippen LogP contribution in [0.2, 0.25) is 5.02 Å². The third-order valence-corrected chi connectivity index (χ3v) is 6.02. The Hall–Kier alpha value is -3.47. The van der Waals surface area contributed by atoms with Crippen LogP contribution in [0.5, 0.6) is 0 Å². The number of ether oxygens (including phenoxy) is 1. The van der Waals surface area contributed by atoms with Crippen molar-refractivity contribution in [2.75, 3.05) is 12.0 Å². The van der Waals surface area contributed by atoms with Gasteiger partial charge in [-0.2, -0.15) is 0 Å². The highest BCUT2D eigenvalue weighted by Gasteiger charge is 2.31. The van der Waals surface area contributed by atoms with Crippen LogP contribution in [0.25, 0.3) is 0 Å². The molecule has 3 aromatic rings. The molecule has 1 heterocycles. The average molecular weight is 541 g/mol. The predicted octanol–water partition coefficient (Wildman–Crippen LogP) is 4.22. The SMILES string of the molecule is CP(=O)(O)On1ccc(COC(=O)N[C@H]2CCc3c(C(=O)Nc4ccc(F)c(Cl)c4)ccc(F)c32)n1. The molecular formula is C22H20ClF2N4O6P. The van der Waals surface area contributed by atoms with E-state index in [-0.39, 0.29) is 34.1 Å². The highest BCUT2D eigenvalue weighted by molar-refractivity contribution is 7.52. The van der Waals surface area contributed by atoms with Crippen LogP contribution in [-0.4, -0.2) is 33.5 Å². The Labute approximate surface area is 208 Å². The van der Waals surface area contributed by atoms with Gasteiger partial charge < -0.3 is 24.9 Å². The normalized spacial score (nSPS) is 16.1. The van der Waals surface area contributed by atoms with Crippen molar-refractivity contribution in [2.45, 2.75) is 25.5 Å². The van der Waals surface area contributed by atoms with E-state index >= 15 is 0 Å². The van der Waals surface area contributed by atoms with Gasteiger partial charge in [0.05, 0.1) is 23.9 Å². The van der Waals surface area contributed by atoms with Gasteiger partial charge in [0.15, 0.2) is 0 Å². The molecule has 10 nitrogen and oxygen atoms in total. The van der Waals surface area contributed by atoms with Gasteiger partial charge in [-0.3, -0.25) is 4.79 Å². The van der Waals surface area contributed by atoms with Crippen molar-refractivity contribution in [3.8, 4) is 0 Å².